The predicted octanol–water partition coefficient (Wildman–Crippen LogP) is 3.19. The van der Waals surface area contributed by atoms with Crippen LogP contribution in [-0.4, -0.2) is 51.1 Å². The maximum atomic E-state index is 9.46. The van der Waals surface area contributed by atoms with E-state index in [4.69, 9.17) is 17.3 Å². The first-order valence-electron chi connectivity index (χ1n) is 9.76. The number of nitrogen functional groups attached to an aromatic ring is 1. The molecule has 0 spiro atoms. The van der Waals surface area contributed by atoms with E-state index >= 15 is 0 Å². The van der Waals surface area contributed by atoms with Crippen LogP contribution in [0.1, 0.15) is 11.4 Å². The van der Waals surface area contributed by atoms with Crippen molar-refractivity contribution in [2.75, 3.05) is 42.1 Å². The number of aromatic hydroxyl groups is 1. The van der Waals surface area contributed by atoms with E-state index in [1.807, 2.05) is 37.3 Å². The molecule has 0 aliphatic carbocycles. The number of aromatic nitrogens is 3. The summed E-state index contributed by atoms with van der Waals surface area (Å²) in [5, 5.41) is 13.3. The number of rotatable bonds is 5. The molecule has 0 saturated carbocycles. The maximum absolute atomic E-state index is 9.46. The van der Waals surface area contributed by atoms with Gasteiger partial charge in [-0.05, 0) is 48.9 Å². The van der Waals surface area contributed by atoms with Crippen LogP contribution in [0.2, 0.25) is 5.02 Å². The minimum atomic E-state index is 0.184. The zero-order chi connectivity index (χ0) is 21.1. The molecule has 4 N–H and O–H groups in total. The second-order valence-corrected chi connectivity index (χ2v) is 7.71. The van der Waals surface area contributed by atoms with Crippen LogP contribution in [0.4, 0.5) is 23.3 Å². The van der Waals surface area contributed by atoms with Gasteiger partial charge in [0, 0.05) is 42.6 Å². The molecule has 1 aliphatic heterocycles. The molecule has 156 valence electrons. The molecular weight excluding hydrogens is 402 g/mol. The van der Waals surface area contributed by atoms with Crippen molar-refractivity contribution in [3.05, 3.63) is 58.9 Å². The van der Waals surface area contributed by atoms with Gasteiger partial charge in [0.15, 0.2) is 0 Å². The molecule has 0 radical (unpaired) electrons. The van der Waals surface area contributed by atoms with Gasteiger partial charge in [-0.15, -0.1) is 0 Å². The Morgan fingerprint density at radius 3 is 2.47 bits per heavy atom. The van der Waals surface area contributed by atoms with Crippen LogP contribution in [0.3, 0.4) is 0 Å². The third-order valence-corrected chi connectivity index (χ3v) is 5.49. The SMILES string of the molecule is Cc1ccc(Nc2nc(N)nc(CN3CCN(c4ccc(O)cc4)CC3)n2)cc1Cl. The molecule has 1 aliphatic rings. The lowest BCUT2D eigenvalue weighted by molar-refractivity contribution is 0.244. The third-order valence-electron chi connectivity index (χ3n) is 5.08. The molecule has 0 amide bonds. The first-order valence-corrected chi connectivity index (χ1v) is 10.1. The molecule has 0 unspecified atom stereocenters. The fourth-order valence-electron chi connectivity index (χ4n) is 3.39. The Balaban J connectivity index is 1.39. The highest BCUT2D eigenvalue weighted by molar-refractivity contribution is 6.31. The number of halogens is 1. The summed E-state index contributed by atoms with van der Waals surface area (Å²) in [5.41, 5.74) is 8.82. The Morgan fingerprint density at radius 2 is 1.77 bits per heavy atom. The summed E-state index contributed by atoms with van der Waals surface area (Å²) in [6.45, 7) is 6.08. The quantitative estimate of drug-likeness (QED) is 0.572. The monoisotopic (exact) mass is 425 g/mol. The van der Waals surface area contributed by atoms with Gasteiger partial charge in [0.05, 0.1) is 6.54 Å². The largest absolute Gasteiger partial charge is 0.508 e. The average Bonchev–Trinajstić information content (AvgIpc) is 2.72. The second kappa shape index (κ2) is 8.73. The molecule has 1 fully saturated rings. The number of hydrogen-bond donors (Lipinski definition) is 3. The first kappa shape index (κ1) is 20.2. The Labute approximate surface area is 180 Å². The molecule has 3 aromatic rings. The van der Waals surface area contributed by atoms with Crippen molar-refractivity contribution in [2.24, 2.45) is 0 Å². The molecule has 4 rings (SSSR count). The summed E-state index contributed by atoms with van der Waals surface area (Å²) in [6, 6.07) is 13.0. The fraction of sp³-hybridized carbons (Fsp3) is 0.286. The molecule has 0 bridgehead atoms. The highest BCUT2D eigenvalue weighted by atomic mass is 35.5. The molecule has 1 saturated heterocycles. The van der Waals surface area contributed by atoms with Gasteiger partial charge < -0.3 is 21.1 Å². The number of piperazine rings is 1. The number of anilines is 4. The Morgan fingerprint density at radius 1 is 1.03 bits per heavy atom. The average molecular weight is 426 g/mol. The maximum Gasteiger partial charge on any atom is 0.232 e. The summed E-state index contributed by atoms with van der Waals surface area (Å²) < 4.78 is 0. The second-order valence-electron chi connectivity index (χ2n) is 7.30. The molecule has 8 nitrogen and oxygen atoms in total. The summed E-state index contributed by atoms with van der Waals surface area (Å²) in [5.74, 6) is 1.49. The van der Waals surface area contributed by atoms with Crippen LogP contribution in [0.5, 0.6) is 5.75 Å². The summed E-state index contributed by atoms with van der Waals surface area (Å²) in [7, 11) is 0. The number of benzene rings is 2. The predicted molar refractivity (Wildman–Crippen MR) is 119 cm³/mol. The first-order chi connectivity index (χ1) is 14.5. The van der Waals surface area contributed by atoms with Crippen LogP contribution < -0.4 is 16.0 Å². The van der Waals surface area contributed by atoms with Gasteiger partial charge in [-0.1, -0.05) is 17.7 Å². The fourth-order valence-corrected chi connectivity index (χ4v) is 3.57. The van der Waals surface area contributed by atoms with Crippen molar-refractivity contribution in [3.8, 4) is 5.75 Å². The molecule has 30 heavy (non-hydrogen) atoms. The number of nitrogens with zero attached hydrogens (tertiary/aromatic N) is 5. The lowest BCUT2D eigenvalue weighted by atomic mass is 10.2. The summed E-state index contributed by atoms with van der Waals surface area (Å²) in [6.07, 6.45) is 0. The minimum Gasteiger partial charge on any atom is -0.508 e. The Hall–Kier alpha value is -3.10. The number of nitrogens with two attached hydrogens (primary N) is 1. The lowest BCUT2D eigenvalue weighted by Gasteiger charge is -2.35. The van der Waals surface area contributed by atoms with Crippen molar-refractivity contribution in [1.29, 1.82) is 0 Å². The highest BCUT2D eigenvalue weighted by Gasteiger charge is 2.19. The van der Waals surface area contributed by atoms with Gasteiger partial charge in [0.25, 0.3) is 0 Å². The van der Waals surface area contributed by atoms with E-state index in [0.717, 1.165) is 43.1 Å². The van der Waals surface area contributed by atoms with Gasteiger partial charge in [0.2, 0.25) is 11.9 Å². The third kappa shape index (κ3) is 4.90. The van der Waals surface area contributed by atoms with Gasteiger partial charge in [-0.3, -0.25) is 4.90 Å². The number of hydrogen-bond acceptors (Lipinski definition) is 8. The Bertz CT molecular complexity index is 1020. The Kier molecular flexibility index (Phi) is 5.87. The van der Waals surface area contributed by atoms with Crippen LogP contribution in [-0.2, 0) is 6.54 Å². The van der Waals surface area contributed by atoms with Crippen LogP contribution >= 0.6 is 11.6 Å². The number of phenolic OH excluding ortho intramolecular Hbond substituents is 1. The van der Waals surface area contributed by atoms with Crippen LogP contribution in [0.25, 0.3) is 0 Å². The van der Waals surface area contributed by atoms with E-state index in [-0.39, 0.29) is 11.7 Å². The van der Waals surface area contributed by atoms with Crippen molar-refractivity contribution in [1.82, 2.24) is 19.9 Å². The van der Waals surface area contributed by atoms with Crippen molar-refractivity contribution in [2.45, 2.75) is 13.5 Å². The molecular formula is C21H24ClN7O. The standard InChI is InChI=1S/C21H24ClN7O/c1-14-2-3-15(12-18(14)22)24-21-26-19(25-20(23)27-21)13-28-8-10-29(11-9-28)16-4-6-17(30)7-5-16/h2-7,12,30H,8-11,13H2,1H3,(H3,23,24,25,26,27). The van der Waals surface area contributed by atoms with Gasteiger partial charge in [0.1, 0.15) is 11.6 Å². The lowest BCUT2D eigenvalue weighted by Crippen LogP contribution is -2.46. The summed E-state index contributed by atoms with van der Waals surface area (Å²) in [4.78, 5) is 17.6. The zero-order valence-electron chi connectivity index (χ0n) is 16.7. The molecule has 1 aromatic heterocycles. The van der Waals surface area contributed by atoms with Crippen molar-refractivity contribution in [3.63, 3.8) is 0 Å². The molecule has 0 atom stereocenters. The topological polar surface area (TPSA) is 103 Å². The van der Waals surface area contributed by atoms with Crippen molar-refractivity contribution < 1.29 is 5.11 Å². The number of phenols is 1. The van der Waals surface area contributed by atoms with Crippen LogP contribution in [0.15, 0.2) is 42.5 Å². The highest BCUT2D eigenvalue weighted by Crippen LogP contribution is 2.23. The molecule has 2 aromatic carbocycles. The van der Waals surface area contributed by atoms with Gasteiger partial charge >= 0.3 is 0 Å². The van der Waals surface area contributed by atoms with Gasteiger partial charge in [-0.25, -0.2) is 0 Å². The van der Waals surface area contributed by atoms with E-state index in [0.29, 0.717) is 23.3 Å². The minimum absolute atomic E-state index is 0.184. The van der Waals surface area contributed by atoms with E-state index in [1.54, 1.807) is 12.1 Å². The number of aryl methyl sites for hydroxylation is 1. The van der Waals surface area contributed by atoms with E-state index in [9.17, 15) is 5.11 Å². The van der Waals surface area contributed by atoms with Gasteiger partial charge in [-0.2, -0.15) is 15.0 Å². The van der Waals surface area contributed by atoms with E-state index in [2.05, 4.69) is 30.1 Å². The zero-order valence-corrected chi connectivity index (χ0v) is 17.5. The molecule has 9 heteroatoms. The van der Waals surface area contributed by atoms with Crippen molar-refractivity contribution >= 4 is 34.9 Å². The molecule has 2 heterocycles. The normalized spacial score (nSPS) is 14.7. The number of nitrogens with one attached hydrogen (secondary N) is 1. The smallest absolute Gasteiger partial charge is 0.232 e. The van der Waals surface area contributed by atoms with E-state index < -0.39 is 0 Å². The van der Waals surface area contributed by atoms with E-state index in [1.165, 1.54) is 0 Å². The van der Waals surface area contributed by atoms with Crippen LogP contribution in [0, 0.1) is 6.92 Å². The summed E-state index contributed by atoms with van der Waals surface area (Å²) >= 11 is 6.19.